The maximum atomic E-state index is 12.6. The lowest BCUT2D eigenvalue weighted by Crippen LogP contribution is -2.52. The van der Waals surface area contributed by atoms with Gasteiger partial charge in [-0.05, 0) is 31.7 Å². The summed E-state index contributed by atoms with van der Waals surface area (Å²) >= 11 is 0. The number of benzene rings is 1. The van der Waals surface area contributed by atoms with E-state index in [1.165, 1.54) is 12.1 Å². The van der Waals surface area contributed by atoms with Gasteiger partial charge < -0.3 is 10.0 Å². The maximum absolute atomic E-state index is 12.6. The van der Waals surface area contributed by atoms with Crippen LogP contribution in [0.1, 0.15) is 24.1 Å². The molecule has 0 aromatic heterocycles. The lowest BCUT2D eigenvalue weighted by atomic mass is 10.0. The van der Waals surface area contributed by atoms with Crippen LogP contribution >= 0.6 is 0 Å². The molecular weight excluding hydrogens is 297 g/mol. The average Bonchev–Trinajstić information content (AvgIpc) is 2.42. The predicted molar refractivity (Wildman–Crippen MR) is 75.5 cm³/mol. The summed E-state index contributed by atoms with van der Waals surface area (Å²) in [4.78, 5) is 15.5. The van der Waals surface area contributed by atoms with Crippen LogP contribution in [0.5, 0.6) is 0 Å². The van der Waals surface area contributed by atoms with Gasteiger partial charge in [0.15, 0.2) is 0 Å². The average molecular weight is 316 g/mol. The van der Waals surface area contributed by atoms with Crippen molar-refractivity contribution in [1.29, 1.82) is 0 Å². The zero-order valence-corrected chi connectivity index (χ0v) is 12.5. The van der Waals surface area contributed by atoms with E-state index in [-0.39, 0.29) is 6.04 Å². The first-order chi connectivity index (χ1) is 10.2. The van der Waals surface area contributed by atoms with Crippen LogP contribution < -0.4 is 0 Å². The minimum absolute atomic E-state index is 0.199. The molecule has 2 atom stereocenters. The largest absolute Gasteiger partial charge is 0.480 e. The molecule has 0 aliphatic carbocycles. The van der Waals surface area contributed by atoms with Crippen LogP contribution in [-0.2, 0) is 11.0 Å². The summed E-state index contributed by atoms with van der Waals surface area (Å²) in [5, 5.41) is 9.48. The van der Waals surface area contributed by atoms with Crippen molar-refractivity contribution in [2.24, 2.45) is 0 Å². The molecular formula is C15H19F3N2O2. The quantitative estimate of drug-likeness (QED) is 0.930. The highest BCUT2D eigenvalue weighted by molar-refractivity contribution is 5.75. The maximum Gasteiger partial charge on any atom is 0.416 e. The molecule has 2 unspecified atom stereocenters. The Hall–Kier alpha value is -1.60. The summed E-state index contributed by atoms with van der Waals surface area (Å²) in [5.41, 5.74) is -0.399. The fourth-order valence-electron chi connectivity index (χ4n) is 2.68. The van der Waals surface area contributed by atoms with Crippen LogP contribution in [0.25, 0.3) is 0 Å². The van der Waals surface area contributed by atoms with Gasteiger partial charge in [-0.15, -0.1) is 0 Å². The first-order valence-corrected chi connectivity index (χ1v) is 7.04. The summed E-state index contributed by atoms with van der Waals surface area (Å²) in [7, 11) is 1.97. The molecule has 1 aliphatic heterocycles. The van der Waals surface area contributed by atoms with Crippen molar-refractivity contribution >= 4 is 5.97 Å². The number of halogens is 3. The van der Waals surface area contributed by atoms with E-state index in [0.717, 1.165) is 18.7 Å². The zero-order chi connectivity index (χ0) is 16.5. The molecule has 0 radical (unpaired) electrons. The SMILES string of the molecule is CC1CN(C(C(=O)O)c2ccc(C(F)(F)F)cc2)CCN1C. The van der Waals surface area contributed by atoms with Gasteiger partial charge in [0.05, 0.1) is 5.56 Å². The van der Waals surface area contributed by atoms with Crippen molar-refractivity contribution in [3.8, 4) is 0 Å². The normalized spacial score (nSPS) is 22.5. The molecule has 0 spiro atoms. The van der Waals surface area contributed by atoms with Crippen LogP contribution in [0.2, 0.25) is 0 Å². The molecule has 1 N–H and O–H groups in total. The molecule has 4 nitrogen and oxygen atoms in total. The molecule has 122 valence electrons. The Morgan fingerprint density at radius 3 is 2.32 bits per heavy atom. The molecule has 1 aromatic rings. The molecule has 0 amide bonds. The van der Waals surface area contributed by atoms with E-state index in [4.69, 9.17) is 0 Å². The summed E-state index contributed by atoms with van der Waals surface area (Å²) in [5.74, 6) is -1.04. The smallest absolute Gasteiger partial charge is 0.416 e. The van der Waals surface area contributed by atoms with Gasteiger partial charge in [0.2, 0.25) is 0 Å². The summed E-state index contributed by atoms with van der Waals surface area (Å²) in [6.45, 7) is 3.86. The minimum Gasteiger partial charge on any atom is -0.480 e. The van der Waals surface area contributed by atoms with Gasteiger partial charge in [-0.25, -0.2) is 0 Å². The number of piperazine rings is 1. The Morgan fingerprint density at radius 2 is 1.86 bits per heavy atom. The highest BCUT2D eigenvalue weighted by atomic mass is 19.4. The summed E-state index contributed by atoms with van der Waals surface area (Å²) in [6.07, 6.45) is -4.42. The minimum atomic E-state index is -4.42. The molecule has 1 aromatic carbocycles. The van der Waals surface area contributed by atoms with E-state index in [2.05, 4.69) is 4.90 Å². The zero-order valence-electron chi connectivity index (χ0n) is 12.5. The van der Waals surface area contributed by atoms with Crippen molar-refractivity contribution in [3.63, 3.8) is 0 Å². The molecule has 22 heavy (non-hydrogen) atoms. The topological polar surface area (TPSA) is 43.8 Å². The summed E-state index contributed by atoms with van der Waals surface area (Å²) < 4.78 is 37.8. The Kier molecular flexibility index (Phi) is 4.77. The standard InChI is InChI=1S/C15H19F3N2O2/c1-10-9-20(8-7-19(10)2)13(14(21)22)11-3-5-12(6-4-11)15(16,17)18/h3-6,10,13H,7-9H2,1-2H3,(H,21,22). The molecule has 1 saturated heterocycles. The second-order valence-corrected chi connectivity index (χ2v) is 5.69. The Morgan fingerprint density at radius 1 is 1.27 bits per heavy atom. The molecule has 7 heteroatoms. The van der Waals surface area contributed by atoms with E-state index in [0.29, 0.717) is 18.7 Å². The highest BCUT2D eigenvalue weighted by Gasteiger charge is 2.34. The number of carbonyl (C=O) groups is 1. The van der Waals surface area contributed by atoms with E-state index in [1.54, 1.807) is 4.90 Å². The van der Waals surface area contributed by atoms with E-state index in [9.17, 15) is 23.1 Å². The van der Waals surface area contributed by atoms with Crippen molar-refractivity contribution in [2.45, 2.75) is 25.2 Å². The van der Waals surface area contributed by atoms with E-state index in [1.807, 2.05) is 14.0 Å². The van der Waals surface area contributed by atoms with Crippen LogP contribution in [-0.4, -0.2) is 53.6 Å². The van der Waals surface area contributed by atoms with Gasteiger partial charge in [-0.3, -0.25) is 9.69 Å². The van der Waals surface area contributed by atoms with Crippen LogP contribution in [0, 0.1) is 0 Å². The molecule has 0 bridgehead atoms. The third kappa shape index (κ3) is 3.59. The summed E-state index contributed by atoms with van der Waals surface area (Å²) in [6, 6.07) is 3.66. The number of carboxylic acid groups (broad SMARTS) is 1. The first-order valence-electron chi connectivity index (χ1n) is 7.04. The predicted octanol–water partition coefficient (Wildman–Crippen LogP) is 2.47. The molecule has 1 heterocycles. The van der Waals surface area contributed by atoms with Gasteiger partial charge >= 0.3 is 12.1 Å². The Bertz CT molecular complexity index is 531. The van der Waals surface area contributed by atoms with Crippen molar-refractivity contribution in [1.82, 2.24) is 9.80 Å². The number of alkyl halides is 3. The number of likely N-dealkylation sites (N-methyl/N-ethyl adjacent to an activating group) is 1. The molecule has 1 fully saturated rings. The third-order valence-corrected chi connectivity index (χ3v) is 4.14. The van der Waals surface area contributed by atoms with Gasteiger partial charge in [0, 0.05) is 25.7 Å². The van der Waals surface area contributed by atoms with Crippen LogP contribution in [0.15, 0.2) is 24.3 Å². The molecule has 1 aliphatic rings. The van der Waals surface area contributed by atoms with Gasteiger partial charge in [-0.2, -0.15) is 13.2 Å². The number of hydrogen-bond acceptors (Lipinski definition) is 3. The number of carboxylic acids is 1. The van der Waals surface area contributed by atoms with Crippen LogP contribution in [0.4, 0.5) is 13.2 Å². The van der Waals surface area contributed by atoms with Gasteiger partial charge in [0.25, 0.3) is 0 Å². The van der Waals surface area contributed by atoms with Crippen molar-refractivity contribution in [2.75, 3.05) is 26.7 Å². The van der Waals surface area contributed by atoms with Crippen molar-refractivity contribution in [3.05, 3.63) is 35.4 Å². The number of nitrogens with zero attached hydrogens (tertiary/aromatic N) is 2. The van der Waals surface area contributed by atoms with Crippen molar-refractivity contribution < 1.29 is 23.1 Å². The van der Waals surface area contributed by atoms with Crippen LogP contribution in [0.3, 0.4) is 0 Å². The molecule has 2 rings (SSSR count). The lowest BCUT2D eigenvalue weighted by molar-refractivity contribution is -0.144. The van der Waals surface area contributed by atoms with Gasteiger partial charge in [-0.1, -0.05) is 12.1 Å². The third-order valence-electron chi connectivity index (χ3n) is 4.14. The Balaban J connectivity index is 2.23. The van der Waals surface area contributed by atoms with E-state index >= 15 is 0 Å². The number of aliphatic carboxylic acids is 1. The number of hydrogen-bond donors (Lipinski definition) is 1. The monoisotopic (exact) mass is 316 g/mol. The van der Waals surface area contributed by atoms with E-state index < -0.39 is 23.8 Å². The lowest BCUT2D eigenvalue weighted by Gasteiger charge is -2.40. The Labute approximate surface area is 127 Å². The first kappa shape index (κ1) is 16.8. The highest BCUT2D eigenvalue weighted by Crippen LogP contribution is 2.31. The second kappa shape index (κ2) is 6.26. The molecule has 0 saturated carbocycles. The second-order valence-electron chi connectivity index (χ2n) is 5.69. The van der Waals surface area contributed by atoms with Gasteiger partial charge in [0.1, 0.15) is 6.04 Å². The number of rotatable bonds is 3. The fraction of sp³-hybridized carbons (Fsp3) is 0.533. The fourth-order valence-corrected chi connectivity index (χ4v) is 2.68.